The minimum Gasteiger partial charge on any atom is -0.271 e. The summed E-state index contributed by atoms with van der Waals surface area (Å²) < 4.78 is 1.57. The van der Waals surface area contributed by atoms with Gasteiger partial charge in [0.15, 0.2) is 0 Å². The normalized spacial score (nSPS) is 13.4. The summed E-state index contributed by atoms with van der Waals surface area (Å²) in [7, 11) is 0. The Morgan fingerprint density at radius 3 is 2.95 bits per heavy atom. The van der Waals surface area contributed by atoms with Gasteiger partial charge in [0.05, 0.1) is 5.52 Å². The fourth-order valence-electron chi connectivity index (χ4n) is 1.76. The zero-order chi connectivity index (χ0) is 14.5. The molecular formula is C14H19N5O. The molecule has 0 saturated carbocycles. The number of fused-ring (bicyclic) bond motifs is 1. The monoisotopic (exact) mass is 273 g/mol. The van der Waals surface area contributed by atoms with Crippen LogP contribution in [0.3, 0.4) is 0 Å². The third-order valence-electron chi connectivity index (χ3n) is 3.40. The first-order valence-electron chi connectivity index (χ1n) is 6.73. The van der Waals surface area contributed by atoms with E-state index in [1.807, 2.05) is 31.2 Å². The van der Waals surface area contributed by atoms with Crippen molar-refractivity contribution in [1.29, 1.82) is 0 Å². The topological polar surface area (TPSA) is 72.2 Å². The van der Waals surface area contributed by atoms with Gasteiger partial charge < -0.3 is 0 Å². The summed E-state index contributed by atoms with van der Waals surface area (Å²) in [6.45, 7) is 6.19. The second-order valence-corrected chi connectivity index (χ2v) is 4.83. The third kappa shape index (κ3) is 3.20. The molecule has 0 radical (unpaired) electrons. The molecule has 1 aromatic heterocycles. The Hall–Kier alpha value is -2.24. The smallest absolute Gasteiger partial charge is 0.261 e. The molecule has 0 saturated heterocycles. The summed E-state index contributed by atoms with van der Waals surface area (Å²) in [5.74, 6) is 0.158. The minimum atomic E-state index is -0.205. The van der Waals surface area contributed by atoms with Crippen molar-refractivity contribution in [3.63, 3.8) is 0 Å². The van der Waals surface area contributed by atoms with E-state index in [2.05, 4.69) is 34.7 Å². The zero-order valence-corrected chi connectivity index (χ0v) is 12.0. The van der Waals surface area contributed by atoms with E-state index >= 15 is 0 Å². The molecule has 1 atom stereocenters. The third-order valence-corrected chi connectivity index (χ3v) is 3.40. The van der Waals surface area contributed by atoms with Crippen LogP contribution in [0.4, 0.5) is 0 Å². The first kappa shape index (κ1) is 14.2. The predicted molar refractivity (Wildman–Crippen MR) is 78.2 cm³/mol. The maximum atomic E-state index is 11.9. The number of para-hydroxylation sites is 1. The standard InChI is InChI=1S/C14H19N5O/c1-4-10(2)11(3)15-17-14(20)9-19-13-8-6-5-7-12(13)16-18-19/h5-8,10H,4,9H2,1-3H3,(H,17,20)/b15-11+. The second kappa shape index (κ2) is 6.27. The summed E-state index contributed by atoms with van der Waals surface area (Å²) >= 11 is 0. The Morgan fingerprint density at radius 2 is 2.20 bits per heavy atom. The van der Waals surface area contributed by atoms with Crippen molar-refractivity contribution < 1.29 is 4.79 Å². The van der Waals surface area contributed by atoms with Crippen molar-refractivity contribution in [2.75, 3.05) is 0 Å². The van der Waals surface area contributed by atoms with Crippen LogP contribution in [0.2, 0.25) is 0 Å². The van der Waals surface area contributed by atoms with Crippen LogP contribution in [0.5, 0.6) is 0 Å². The Kier molecular flexibility index (Phi) is 4.45. The number of carbonyl (C=O) groups excluding carboxylic acids is 1. The van der Waals surface area contributed by atoms with Gasteiger partial charge in [-0.15, -0.1) is 5.10 Å². The lowest BCUT2D eigenvalue weighted by molar-refractivity contribution is -0.121. The van der Waals surface area contributed by atoms with Crippen LogP contribution in [0.15, 0.2) is 29.4 Å². The first-order valence-corrected chi connectivity index (χ1v) is 6.73. The van der Waals surface area contributed by atoms with Crippen molar-refractivity contribution in [2.24, 2.45) is 11.0 Å². The van der Waals surface area contributed by atoms with Crippen LogP contribution < -0.4 is 5.43 Å². The number of nitrogens with zero attached hydrogens (tertiary/aromatic N) is 4. The highest BCUT2D eigenvalue weighted by Crippen LogP contribution is 2.09. The number of carbonyl (C=O) groups is 1. The summed E-state index contributed by atoms with van der Waals surface area (Å²) in [6, 6.07) is 7.53. The fraction of sp³-hybridized carbons (Fsp3) is 0.429. The lowest BCUT2D eigenvalue weighted by Crippen LogP contribution is -2.25. The van der Waals surface area contributed by atoms with Crippen molar-refractivity contribution in [1.82, 2.24) is 20.4 Å². The molecule has 6 nitrogen and oxygen atoms in total. The van der Waals surface area contributed by atoms with Gasteiger partial charge in [-0.05, 0) is 31.4 Å². The number of aromatic nitrogens is 3. The first-order chi connectivity index (χ1) is 9.61. The average molecular weight is 273 g/mol. The second-order valence-electron chi connectivity index (χ2n) is 4.83. The molecule has 1 aromatic carbocycles. The highest BCUT2D eigenvalue weighted by atomic mass is 16.2. The predicted octanol–water partition coefficient (Wildman–Crippen LogP) is 1.97. The molecule has 2 rings (SSSR count). The zero-order valence-electron chi connectivity index (χ0n) is 12.0. The SMILES string of the molecule is CCC(C)/C(C)=N/NC(=O)Cn1nnc2ccccc21. The van der Waals surface area contributed by atoms with Crippen molar-refractivity contribution in [3.8, 4) is 0 Å². The lowest BCUT2D eigenvalue weighted by Gasteiger charge is -2.08. The average Bonchev–Trinajstić information content (AvgIpc) is 2.87. The summed E-state index contributed by atoms with van der Waals surface area (Å²) in [6.07, 6.45) is 0.999. The Bertz CT molecular complexity index is 631. The molecule has 1 N–H and O–H groups in total. The van der Waals surface area contributed by atoms with Gasteiger partial charge in [-0.2, -0.15) is 5.10 Å². The van der Waals surface area contributed by atoms with E-state index in [4.69, 9.17) is 0 Å². The van der Waals surface area contributed by atoms with E-state index in [0.29, 0.717) is 5.92 Å². The largest absolute Gasteiger partial charge is 0.271 e. The van der Waals surface area contributed by atoms with Gasteiger partial charge in [-0.3, -0.25) is 4.79 Å². The van der Waals surface area contributed by atoms with Crippen LogP contribution in [-0.2, 0) is 11.3 Å². The van der Waals surface area contributed by atoms with Crippen LogP contribution in [0.25, 0.3) is 11.0 Å². The van der Waals surface area contributed by atoms with Crippen LogP contribution in [0.1, 0.15) is 27.2 Å². The van der Waals surface area contributed by atoms with Crippen LogP contribution >= 0.6 is 0 Å². The molecule has 0 fully saturated rings. The molecule has 0 aliphatic carbocycles. The van der Waals surface area contributed by atoms with Gasteiger partial charge in [0, 0.05) is 5.71 Å². The van der Waals surface area contributed by atoms with E-state index in [9.17, 15) is 4.79 Å². The van der Waals surface area contributed by atoms with Crippen LogP contribution in [-0.4, -0.2) is 26.6 Å². The summed E-state index contributed by atoms with van der Waals surface area (Å²) in [5, 5.41) is 12.1. The molecular weight excluding hydrogens is 254 g/mol. The number of rotatable bonds is 5. The number of hydrogen-bond acceptors (Lipinski definition) is 4. The van der Waals surface area contributed by atoms with E-state index < -0.39 is 0 Å². The molecule has 1 heterocycles. The molecule has 6 heteroatoms. The Morgan fingerprint density at radius 1 is 1.45 bits per heavy atom. The lowest BCUT2D eigenvalue weighted by atomic mass is 10.1. The number of hydrazone groups is 1. The van der Waals surface area contributed by atoms with E-state index in [1.165, 1.54) is 0 Å². The molecule has 0 aliphatic rings. The van der Waals surface area contributed by atoms with E-state index in [0.717, 1.165) is 23.2 Å². The number of hydrogen-bond donors (Lipinski definition) is 1. The molecule has 0 spiro atoms. The van der Waals surface area contributed by atoms with Crippen molar-refractivity contribution in [3.05, 3.63) is 24.3 Å². The van der Waals surface area contributed by atoms with Gasteiger partial charge in [0.25, 0.3) is 5.91 Å². The molecule has 106 valence electrons. The highest BCUT2D eigenvalue weighted by Gasteiger charge is 2.08. The maximum absolute atomic E-state index is 11.9. The number of amides is 1. The van der Waals surface area contributed by atoms with Gasteiger partial charge >= 0.3 is 0 Å². The summed E-state index contributed by atoms with van der Waals surface area (Å²) in [4.78, 5) is 11.9. The van der Waals surface area contributed by atoms with Gasteiger partial charge in [-0.25, -0.2) is 10.1 Å². The summed E-state index contributed by atoms with van der Waals surface area (Å²) in [5.41, 5.74) is 5.10. The maximum Gasteiger partial charge on any atom is 0.261 e. The van der Waals surface area contributed by atoms with E-state index in [-0.39, 0.29) is 12.5 Å². The molecule has 20 heavy (non-hydrogen) atoms. The molecule has 1 amide bonds. The number of benzene rings is 1. The van der Waals surface area contributed by atoms with Crippen molar-refractivity contribution >= 4 is 22.7 Å². The molecule has 2 aromatic rings. The Labute approximate surface area is 117 Å². The quantitative estimate of drug-likeness (QED) is 0.668. The molecule has 0 bridgehead atoms. The van der Waals surface area contributed by atoms with Gasteiger partial charge in [-0.1, -0.05) is 31.2 Å². The molecule has 0 aliphatic heterocycles. The highest BCUT2D eigenvalue weighted by molar-refractivity contribution is 5.86. The van der Waals surface area contributed by atoms with E-state index in [1.54, 1.807) is 4.68 Å². The van der Waals surface area contributed by atoms with Gasteiger partial charge in [0.2, 0.25) is 0 Å². The van der Waals surface area contributed by atoms with Crippen molar-refractivity contribution in [2.45, 2.75) is 33.7 Å². The number of nitrogens with one attached hydrogen (secondary N) is 1. The Balaban J connectivity index is 2.02. The fourth-order valence-corrected chi connectivity index (χ4v) is 1.76. The van der Waals surface area contributed by atoms with Gasteiger partial charge in [0.1, 0.15) is 12.1 Å². The molecule has 1 unspecified atom stereocenters. The van der Waals surface area contributed by atoms with Crippen LogP contribution in [0, 0.1) is 5.92 Å². The minimum absolute atomic E-state index is 0.109.